The first kappa shape index (κ1) is 15.3. The van der Waals surface area contributed by atoms with Gasteiger partial charge in [-0.2, -0.15) is 0 Å². The molecule has 0 fully saturated rings. The van der Waals surface area contributed by atoms with E-state index in [1.54, 1.807) is 0 Å². The molecule has 112 valence electrons. The van der Waals surface area contributed by atoms with Gasteiger partial charge in [0.25, 0.3) is 0 Å². The summed E-state index contributed by atoms with van der Waals surface area (Å²) in [7, 11) is 0. The standard InChI is InChI=1S/C17H21NO3/c1-13-8-4-2-7-11-16(19)21-15(12-18-17(13)20)14-9-5-3-6-10-14/h2-6,9-10,13,15H,7-8,11-12H2,1H3,(H,18,20)/b4-2+/t13-,15+/m1/s1. The van der Waals surface area contributed by atoms with Crippen molar-refractivity contribution < 1.29 is 14.3 Å². The number of amides is 1. The predicted octanol–water partition coefficient (Wildman–Crippen LogP) is 2.76. The summed E-state index contributed by atoms with van der Waals surface area (Å²) in [5.41, 5.74) is 0.895. The van der Waals surface area contributed by atoms with Crippen molar-refractivity contribution in [3.05, 3.63) is 48.0 Å². The molecule has 0 saturated carbocycles. The Labute approximate surface area is 125 Å². The van der Waals surface area contributed by atoms with Crippen LogP contribution in [0.25, 0.3) is 0 Å². The topological polar surface area (TPSA) is 55.4 Å². The molecule has 4 heteroatoms. The Morgan fingerprint density at radius 1 is 1.14 bits per heavy atom. The second kappa shape index (κ2) is 7.62. The molecule has 1 aliphatic rings. The van der Waals surface area contributed by atoms with Gasteiger partial charge in [-0.15, -0.1) is 0 Å². The molecule has 2 rings (SSSR count). The maximum absolute atomic E-state index is 12.0. The lowest BCUT2D eigenvalue weighted by atomic mass is 10.0. The van der Waals surface area contributed by atoms with Gasteiger partial charge in [-0.05, 0) is 18.4 Å². The van der Waals surface area contributed by atoms with Gasteiger partial charge in [0, 0.05) is 12.3 Å². The fraction of sp³-hybridized carbons (Fsp3) is 0.412. The number of carbonyl (C=O) groups is 2. The van der Waals surface area contributed by atoms with E-state index in [1.165, 1.54) is 0 Å². The van der Waals surface area contributed by atoms with Crippen LogP contribution in [0.15, 0.2) is 42.5 Å². The van der Waals surface area contributed by atoms with Gasteiger partial charge in [-0.1, -0.05) is 49.4 Å². The lowest BCUT2D eigenvalue weighted by Crippen LogP contribution is -2.34. The first-order valence-corrected chi connectivity index (χ1v) is 7.34. The minimum absolute atomic E-state index is 0.0165. The van der Waals surface area contributed by atoms with Crippen LogP contribution in [0.3, 0.4) is 0 Å². The number of ether oxygens (including phenoxy) is 1. The van der Waals surface area contributed by atoms with Gasteiger partial charge < -0.3 is 10.1 Å². The van der Waals surface area contributed by atoms with E-state index in [-0.39, 0.29) is 17.8 Å². The van der Waals surface area contributed by atoms with Crippen molar-refractivity contribution in [1.82, 2.24) is 5.32 Å². The highest BCUT2D eigenvalue weighted by Crippen LogP contribution is 2.18. The number of cyclic esters (lactones) is 1. The zero-order chi connectivity index (χ0) is 15.1. The summed E-state index contributed by atoms with van der Waals surface area (Å²) >= 11 is 0. The van der Waals surface area contributed by atoms with E-state index in [0.29, 0.717) is 25.8 Å². The van der Waals surface area contributed by atoms with Crippen LogP contribution in [-0.2, 0) is 14.3 Å². The first-order valence-electron chi connectivity index (χ1n) is 7.34. The SMILES string of the molecule is C[C@@H]1C/C=C/CCC(=O)O[C@H](c2ccccc2)CNC1=O. The van der Waals surface area contributed by atoms with E-state index in [4.69, 9.17) is 4.74 Å². The minimum Gasteiger partial charge on any atom is -0.456 e. The molecule has 1 heterocycles. The Hall–Kier alpha value is -2.10. The van der Waals surface area contributed by atoms with Crippen molar-refractivity contribution in [1.29, 1.82) is 0 Å². The van der Waals surface area contributed by atoms with Crippen LogP contribution >= 0.6 is 0 Å². The zero-order valence-corrected chi connectivity index (χ0v) is 12.2. The lowest BCUT2D eigenvalue weighted by Gasteiger charge is -2.20. The number of carbonyl (C=O) groups excluding carboxylic acids is 2. The van der Waals surface area contributed by atoms with Crippen molar-refractivity contribution in [3.8, 4) is 0 Å². The average Bonchev–Trinajstić information content (AvgIpc) is 2.50. The van der Waals surface area contributed by atoms with E-state index < -0.39 is 6.10 Å². The summed E-state index contributed by atoms with van der Waals surface area (Å²) in [5.74, 6) is -0.332. The van der Waals surface area contributed by atoms with Gasteiger partial charge in [-0.3, -0.25) is 9.59 Å². The van der Waals surface area contributed by atoms with Gasteiger partial charge >= 0.3 is 5.97 Å². The fourth-order valence-corrected chi connectivity index (χ4v) is 2.21. The molecule has 0 aromatic heterocycles. The van der Waals surface area contributed by atoms with Gasteiger partial charge in [-0.25, -0.2) is 0 Å². The van der Waals surface area contributed by atoms with Gasteiger partial charge in [0.2, 0.25) is 5.91 Å². The largest absolute Gasteiger partial charge is 0.456 e. The van der Waals surface area contributed by atoms with E-state index in [2.05, 4.69) is 5.32 Å². The molecule has 0 spiro atoms. The minimum atomic E-state index is -0.432. The van der Waals surface area contributed by atoms with Gasteiger partial charge in [0.1, 0.15) is 6.10 Å². The van der Waals surface area contributed by atoms with Crippen molar-refractivity contribution >= 4 is 11.9 Å². The third kappa shape index (κ3) is 4.74. The average molecular weight is 287 g/mol. The van der Waals surface area contributed by atoms with Crippen LogP contribution < -0.4 is 5.32 Å². The number of rotatable bonds is 1. The normalized spacial score (nSPS) is 26.0. The van der Waals surface area contributed by atoms with Crippen molar-refractivity contribution in [2.45, 2.75) is 32.3 Å². The molecule has 1 amide bonds. The Morgan fingerprint density at radius 2 is 1.90 bits per heavy atom. The number of hydrogen-bond donors (Lipinski definition) is 1. The van der Waals surface area contributed by atoms with E-state index in [0.717, 1.165) is 5.56 Å². The molecule has 0 saturated heterocycles. The molecule has 1 aromatic carbocycles. The van der Waals surface area contributed by atoms with Crippen LogP contribution in [0.5, 0.6) is 0 Å². The first-order chi connectivity index (χ1) is 10.2. The third-order valence-electron chi connectivity index (χ3n) is 3.53. The highest BCUT2D eigenvalue weighted by molar-refractivity contribution is 5.78. The number of esters is 1. The molecule has 2 atom stereocenters. The predicted molar refractivity (Wildman–Crippen MR) is 80.4 cm³/mol. The molecular formula is C17H21NO3. The van der Waals surface area contributed by atoms with Crippen LogP contribution in [0.4, 0.5) is 0 Å². The van der Waals surface area contributed by atoms with Crippen LogP contribution in [-0.4, -0.2) is 18.4 Å². The van der Waals surface area contributed by atoms with Crippen LogP contribution in [0.1, 0.15) is 37.9 Å². The molecule has 1 N–H and O–H groups in total. The Morgan fingerprint density at radius 3 is 2.67 bits per heavy atom. The molecular weight excluding hydrogens is 266 g/mol. The lowest BCUT2D eigenvalue weighted by molar-refractivity contribution is -0.150. The highest BCUT2D eigenvalue weighted by Gasteiger charge is 2.19. The summed E-state index contributed by atoms with van der Waals surface area (Å²) in [5, 5.41) is 2.87. The van der Waals surface area contributed by atoms with E-state index in [9.17, 15) is 9.59 Å². The summed E-state index contributed by atoms with van der Waals surface area (Å²) < 4.78 is 5.51. The zero-order valence-electron chi connectivity index (χ0n) is 12.2. The molecule has 4 nitrogen and oxygen atoms in total. The molecule has 1 aromatic rings. The third-order valence-corrected chi connectivity index (χ3v) is 3.53. The Balaban J connectivity index is 2.13. The van der Waals surface area contributed by atoms with Crippen molar-refractivity contribution in [2.24, 2.45) is 5.92 Å². The molecule has 0 radical (unpaired) electrons. The number of benzene rings is 1. The Kier molecular flexibility index (Phi) is 5.55. The molecule has 0 aliphatic carbocycles. The summed E-state index contributed by atoms with van der Waals surface area (Å²) in [6.45, 7) is 2.21. The van der Waals surface area contributed by atoms with E-state index in [1.807, 2.05) is 49.4 Å². The monoisotopic (exact) mass is 287 g/mol. The Bertz CT molecular complexity index is 510. The molecule has 0 bridgehead atoms. The quantitative estimate of drug-likeness (QED) is 0.638. The molecule has 21 heavy (non-hydrogen) atoms. The molecule has 0 unspecified atom stereocenters. The number of allylic oxidation sites excluding steroid dienone is 2. The van der Waals surface area contributed by atoms with Crippen LogP contribution in [0.2, 0.25) is 0 Å². The van der Waals surface area contributed by atoms with Crippen molar-refractivity contribution in [2.75, 3.05) is 6.54 Å². The maximum atomic E-state index is 12.0. The summed E-state index contributed by atoms with van der Waals surface area (Å²) in [4.78, 5) is 23.9. The maximum Gasteiger partial charge on any atom is 0.306 e. The summed E-state index contributed by atoms with van der Waals surface area (Å²) in [6, 6.07) is 9.50. The van der Waals surface area contributed by atoms with Gasteiger partial charge in [0.05, 0.1) is 6.54 Å². The summed E-state index contributed by atoms with van der Waals surface area (Å²) in [6.07, 6.45) is 5.16. The van der Waals surface area contributed by atoms with Crippen molar-refractivity contribution in [3.63, 3.8) is 0 Å². The highest BCUT2D eigenvalue weighted by atomic mass is 16.5. The number of hydrogen-bond acceptors (Lipinski definition) is 3. The molecule has 1 aliphatic heterocycles. The fourth-order valence-electron chi connectivity index (χ4n) is 2.21. The second-order valence-corrected chi connectivity index (χ2v) is 5.28. The number of nitrogens with one attached hydrogen (secondary N) is 1. The van der Waals surface area contributed by atoms with E-state index >= 15 is 0 Å². The van der Waals surface area contributed by atoms with Gasteiger partial charge in [0.15, 0.2) is 0 Å². The second-order valence-electron chi connectivity index (χ2n) is 5.28. The van der Waals surface area contributed by atoms with Crippen LogP contribution in [0, 0.1) is 5.92 Å². The smallest absolute Gasteiger partial charge is 0.306 e.